The molecule has 2 aromatic heterocycles. The van der Waals surface area contributed by atoms with Gasteiger partial charge >= 0.3 is 6.18 Å². The van der Waals surface area contributed by atoms with Crippen LogP contribution in [0.2, 0.25) is 0 Å². The van der Waals surface area contributed by atoms with Crippen LogP contribution >= 0.6 is 11.8 Å². The zero-order valence-electron chi connectivity index (χ0n) is 11.1. The Bertz CT molecular complexity index is 677. The minimum Gasteiger partial charge on any atom is -0.436 e. The number of rotatable bonds is 3. The molecule has 0 aliphatic heterocycles. The van der Waals surface area contributed by atoms with Crippen molar-refractivity contribution in [3.8, 4) is 0 Å². The third-order valence-corrected chi connectivity index (χ3v) is 3.49. The topological polar surface area (TPSA) is 88.8 Å². The summed E-state index contributed by atoms with van der Waals surface area (Å²) in [5.41, 5.74) is 5.03. The van der Waals surface area contributed by atoms with Crippen molar-refractivity contribution in [2.24, 2.45) is 5.73 Å². The fourth-order valence-electron chi connectivity index (χ4n) is 1.45. The summed E-state index contributed by atoms with van der Waals surface area (Å²) in [7, 11) is 0. The molecule has 5 nitrogen and oxygen atoms in total. The standard InChI is InChI=1S/C12H11F3N4OS/c1-5-6(2)20-11(18-5)21-10-7(9(16)17)3-4-8(19-10)12(13,14)15/h3-4H,1-2H3,(H3,16,17). The lowest BCUT2D eigenvalue weighted by molar-refractivity contribution is -0.141. The van der Waals surface area contributed by atoms with Crippen LogP contribution < -0.4 is 5.73 Å². The molecule has 3 N–H and O–H groups in total. The maximum Gasteiger partial charge on any atom is 0.433 e. The van der Waals surface area contributed by atoms with Gasteiger partial charge in [0, 0.05) is 5.56 Å². The highest BCUT2D eigenvalue weighted by Gasteiger charge is 2.33. The number of amidine groups is 1. The molecule has 0 bridgehead atoms. The fourth-order valence-corrected chi connectivity index (χ4v) is 2.40. The van der Waals surface area contributed by atoms with Crippen molar-refractivity contribution in [3.05, 3.63) is 34.8 Å². The summed E-state index contributed by atoms with van der Waals surface area (Å²) in [5.74, 6) is 0.188. The van der Waals surface area contributed by atoms with Crippen LogP contribution in [0.25, 0.3) is 0 Å². The summed E-state index contributed by atoms with van der Waals surface area (Å²) in [4.78, 5) is 7.58. The number of hydrogen-bond acceptors (Lipinski definition) is 5. The fraction of sp³-hybridized carbons (Fsp3) is 0.250. The third kappa shape index (κ3) is 3.35. The first-order valence-electron chi connectivity index (χ1n) is 5.73. The minimum absolute atomic E-state index is 0.0708. The SMILES string of the molecule is Cc1nc(Sc2nc(C(F)(F)F)ccc2C(=N)N)oc1C. The summed E-state index contributed by atoms with van der Waals surface area (Å²) >= 11 is 0.798. The zero-order chi connectivity index (χ0) is 15.8. The Balaban J connectivity index is 2.46. The molecule has 0 fully saturated rings. The molecule has 0 unspecified atom stereocenters. The van der Waals surface area contributed by atoms with Crippen molar-refractivity contribution in [1.29, 1.82) is 5.41 Å². The molecule has 2 heterocycles. The number of aryl methyl sites for hydroxylation is 2. The molecule has 0 aliphatic rings. The van der Waals surface area contributed by atoms with Gasteiger partial charge in [0.15, 0.2) is 0 Å². The Morgan fingerprint density at radius 1 is 1.29 bits per heavy atom. The predicted molar refractivity (Wildman–Crippen MR) is 70.4 cm³/mol. The Morgan fingerprint density at radius 3 is 2.43 bits per heavy atom. The first kappa shape index (κ1) is 15.4. The number of aromatic nitrogens is 2. The van der Waals surface area contributed by atoms with Gasteiger partial charge < -0.3 is 10.2 Å². The van der Waals surface area contributed by atoms with Gasteiger partial charge in [0.1, 0.15) is 22.3 Å². The van der Waals surface area contributed by atoms with Gasteiger partial charge in [-0.25, -0.2) is 9.97 Å². The lowest BCUT2D eigenvalue weighted by Gasteiger charge is -2.10. The predicted octanol–water partition coefficient (Wildman–Crippen LogP) is 3.14. The van der Waals surface area contributed by atoms with Crippen LogP contribution in [-0.2, 0) is 6.18 Å². The highest BCUT2D eigenvalue weighted by atomic mass is 32.2. The van der Waals surface area contributed by atoms with E-state index in [2.05, 4.69) is 9.97 Å². The van der Waals surface area contributed by atoms with Crippen molar-refractivity contribution < 1.29 is 17.6 Å². The summed E-state index contributed by atoms with van der Waals surface area (Å²) < 4.78 is 43.4. The van der Waals surface area contributed by atoms with Crippen LogP contribution in [0.3, 0.4) is 0 Å². The van der Waals surface area contributed by atoms with Crippen LogP contribution in [0.5, 0.6) is 0 Å². The van der Waals surface area contributed by atoms with Gasteiger partial charge in [-0.3, -0.25) is 5.41 Å². The van der Waals surface area contributed by atoms with Gasteiger partial charge in [-0.1, -0.05) is 0 Å². The molecule has 9 heteroatoms. The summed E-state index contributed by atoms with van der Waals surface area (Å²) in [5, 5.41) is 7.49. The van der Waals surface area contributed by atoms with E-state index in [1.54, 1.807) is 13.8 Å². The Hall–Kier alpha value is -2.03. The van der Waals surface area contributed by atoms with E-state index in [4.69, 9.17) is 15.6 Å². The highest BCUT2D eigenvalue weighted by molar-refractivity contribution is 7.99. The van der Waals surface area contributed by atoms with Crippen molar-refractivity contribution in [1.82, 2.24) is 9.97 Å². The number of oxazole rings is 1. The normalized spacial score (nSPS) is 11.7. The Kier molecular flexibility index (Phi) is 3.95. The van der Waals surface area contributed by atoms with E-state index in [9.17, 15) is 13.2 Å². The number of pyridine rings is 1. The van der Waals surface area contributed by atoms with E-state index < -0.39 is 11.9 Å². The summed E-state index contributed by atoms with van der Waals surface area (Å²) in [6.07, 6.45) is -4.58. The number of nitrogens with two attached hydrogens (primary N) is 1. The number of halogens is 3. The lowest BCUT2D eigenvalue weighted by atomic mass is 10.2. The van der Waals surface area contributed by atoms with Crippen molar-refractivity contribution >= 4 is 17.6 Å². The number of hydrogen-bond donors (Lipinski definition) is 2. The van der Waals surface area contributed by atoms with E-state index in [0.717, 1.165) is 23.9 Å². The van der Waals surface area contributed by atoms with Crippen molar-refractivity contribution in [2.45, 2.75) is 30.3 Å². The van der Waals surface area contributed by atoms with E-state index >= 15 is 0 Å². The number of alkyl halides is 3. The number of nitrogens with one attached hydrogen (secondary N) is 1. The van der Waals surface area contributed by atoms with E-state index in [0.29, 0.717) is 11.5 Å². The minimum atomic E-state index is -4.58. The van der Waals surface area contributed by atoms with E-state index in [1.807, 2.05) is 0 Å². The number of nitrogen functional groups attached to an aromatic ring is 1. The second-order valence-electron chi connectivity index (χ2n) is 4.18. The molecule has 0 amide bonds. The monoisotopic (exact) mass is 316 g/mol. The van der Waals surface area contributed by atoms with Crippen LogP contribution in [0.1, 0.15) is 22.7 Å². The molecule has 0 atom stereocenters. The van der Waals surface area contributed by atoms with E-state index in [-0.39, 0.29) is 21.6 Å². The molecule has 2 aromatic rings. The molecule has 0 saturated heterocycles. The number of nitrogens with zero attached hydrogens (tertiary/aromatic N) is 2. The molecule has 2 rings (SSSR count). The Morgan fingerprint density at radius 2 is 1.95 bits per heavy atom. The second kappa shape index (κ2) is 5.40. The zero-order valence-corrected chi connectivity index (χ0v) is 11.9. The average Bonchev–Trinajstić information content (AvgIpc) is 2.66. The lowest BCUT2D eigenvalue weighted by Crippen LogP contribution is -2.16. The molecule has 0 spiro atoms. The molecule has 0 radical (unpaired) electrons. The maximum atomic E-state index is 12.7. The van der Waals surface area contributed by atoms with Crippen LogP contribution in [0, 0.1) is 19.3 Å². The highest BCUT2D eigenvalue weighted by Crippen LogP contribution is 2.33. The van der Waals surface area contributed by atoms with Crippen molar-refractivity contribution in [3.63, 3.8) is 0 Å². The largest absolute Gasteiger partial charge is 0.436 e. The molecular weight excluding hydrogens is 305 g/mol. The van der Waals surface area contributed by atoms with Gasteiger partial charge in [0.2, 0.25) is 0 Å². The van der Waals surface area contributed by atoms with Crippen LogP contribution in [0.15, 0.2) is 26.8 Å². The van der Waals surface area contributed by atoms with Crippen LogP contribution in [0.4, 0.5) is 13.2 Å². The van der Waals surface area contributed by atoms with Gasteiger partial charge in [-0.15, -0.1) is 0 Å². The maximum absolute atomic E-state index is 12.7. The van der Waals surface area contributed by atoms with Gasteiger partial charge in [0.05, 0.1) is 5.69 Å². The molecule has 0 aliphatic carbocycles. The van der Waals surface area contributed by atoms with Crippen LogP contribution in [-0.4, -0.2) is 15.8 Å². The molecule has 112 valence electrons. The summed E-state index contributed by atoms with van der Waals surface area (Å²) in [6.45, 7) is 3.41. The molecule has 21 heavy (non-hydrogen) atoms. The average molecular weight is 316 g/mol. The molecule has 0 aromatic carbocycles. The molecular formula is C12H11F3N4OS. The quantitative estimate of drug-likeness (QED) is 0.671. The van der Waals surface area contributed by atoms with Gasteiger partial charge in [-0.2, -0.15) is 13.2 Å². The summed E-state index contributed by atoms with van der Waals surface area (Å²) in [6, 6.07) is 1.90. The smallest absolute Gasteiger partial charge is 0.433 e. The first-order valence-corrected chi connectivity index (χ1v) is 6.54. The second-order valence-corrected chi connectivity index (χ2v) is 5.12. The third-order valence-electron chi connectivity index (χ3n) is 2.63. The van der Waals surface area contributed by atoms with Gasteiger partial charge in [0.25, 0.3) is 5.22 Å². The Labute approximate surface area is 122 Å². The molecule has 0 saturated carbocycles. The van der Waals surface area contributed by atoms with Crippen molar-refractivity contribution in [2.75, 3.05) is 0 Å². The first-order chi connectivity index (χ1) is 9.68. The van der Waals surface area contributed by atoms with Gasteiger partial charge in [-0.05, 0) is 37.7 Å². The van der Waals surface area contributed by atoms with E-state index in [1.165, 1.54) is 0 Å².